The Hall–Kier alpha value is -1.92. The number of nitrogens with two attached hydrogens (primary N) is 1. The number of rotatable bonds is 5. The summed E-state index contributed by atoms with van der Waals surface area (Å²) in [5, 5.41) is 5.81. The molecule has 0 saturated heterocycles. The van der Waals surface area contributed by atoms with Crippen LogP contribution in [-0.4, -0.2) is 10.9 Å². The number of benzene rings is 1. The zero-order chi connectivity index (χ0) is 14.5. The maximum absolute atomic E-state index is 12.4. The van der Waals surface area contributed by atoms with E-state index in [1.165, 1.54) is 11.3 Å². The van der Waals surface area contributed by atoms with Gasteiger partial charge in [0.1, 0.15) is 5.01 Å². The van der Waals surface area contributed by atoms with Crippen LogP contribution >= 0.6 is 11.3 Å². The molecule has 5 nitrogen and oxygen atoms in total. The minimum Gasteiger partial charge on any atom is -0.343 e. The lowest BCUT2D eigenvalue weighted by molar-refractivity contribution is 0.0936. The van der Waals surface area contributed by atoms with Gasteiger partial charge in [-0.1, -0.05) is 13.0 Å². The quantitative estimate of drug-likeness (QED) is 0.584. The predicted molar refractivity (Wildman–Crippen MR) is 81.6 cm³/mol. The number of carbonyl (C=O) groups excluding carboxylic acids is 1. The third-order valence-electron chi connectivity index (χ3n) is 3.04. The van der Waals surface area contributed by atoms with Crippen LogP contribution in [0.15, 0.2) is 29.8 Å². The van der Waals surface area contributed by atoms with E-state index in [4.69, 9.17) is 5.84 Å². The Morgan fingerprint density at radius 2 is 2.30 bits per heavy atom. The number of aromatic nitrogens is 1. The van der Waals surface area contributed by atoms with Crippen molar-refractivity contribution in [3.63, 3.8) is 0 Å². The first-order valence-corrected chi connectivity index (χ1v) is 7.31. The van der Waals surface area contributed by atoms with E-state index in [0.29, 0.717) is 11.3 Å². The molecule has 2 rings (SSSR count). The van der Waals surface area contributed by atoms with Gasteiger partial charge in [-0.25, -0.2) is 4.98 Å². The Labute approximate surface area is 122 Å². The summed E-state index contributed by atoms with van der Waals surface area (Å²) in [4.78, 5) is 16.6. The van der Waals surface area contributed by atoms with Crippen LogP contribution in [0.5, 0.6) is 0 Å². The maximum atomic E-state index is 12.4. The Morgan fingerprint density at radius 3 is 2.90 bits per heavy atom. The summed E-state index contributed by atoms with van der Waals surface area (Å²) in [6.07, 6.45) is 2.53. The fraction of sp³-hybridized carbons (Fsp3) is 0.286. The molecule has 4 N–H and O–H groups in total. The van der Waals surface area contributed by atoms with Crippen molar-refractivity contribution in [1.82, 2.24) is 10.3 Å². The Morgan fingerprint density at radius 1 is 1.50 bits per heavy atom. The average molecular weight is 290 g/mol. The lowest BCUT2D eigenvalue weighted by atomic mass is 10.1. The largest absolute Gasteiger partial charge is 0.343 e. The van der Waals surface area contributed by atoms with E-state index in [9.17, 15) is 4.79 Å². The summed E-state index contributed by atoms with van der Waals surface area (Å²) in [7, 11) is 0. The van der Waals surface area contributed by atoms with E-state index in [2.05, 4.69) is 15.7 Å². The minimum atomic E-state index is -0.153. The first kappa shape index (κ1) is 14.5. The second-order valence-corrected chi connectivity index (χ2v) is 5.42. The molecule has 0 radical (unpaired) electrons. The van der Waals surface area contributed by atoms with Crippen molar-refractivity contribution >= 4 is 22.9 Å². The van der Waals surface area contributed by atoms with Crippen molar-refractivity contribution in [1.29, 1.82) is 0 Å². The van der Waals surface area contributed by atoms with Crippen LogP contribution in [0.4, 0.5) is 5.69 Å². The number of hydrogen-bond donors (Lipinski definition) is 3. The molecule has 2 aromatic rings. The summed E-state index contributed by atoms with van der Waals surface area (Å²) in [5.41, 5.74) is 4.77. The van der Waals surface area contributed by atoms with Crippen LogP contribution in [-0.2, 0) is 0 Å². The molecule has 106 valence electrons. The van der Waals surface area contributed by atoms with Crippen molar-refractivity contribution in [2.45, 2.75) is 26.3 Å². The highest BCUT2D eigenvalue weighted by molar-refractivity contribution is 7.09. The molecule has 0 aliphatic heterocycles. The molecule has 20 heavy (non-hydrogen) atoms. The van der Waals surface area contributed by atoms with Crippen molar-refractivity contribution in [3.8, 4) is 0 Å². The summed E-state index contributed by atoms with van der Waals surface area (Å²) in [6.45, 7) is 3.97. The van der Waals surface area contributed by atoms with E-state index in [0.717, 1.165) is 17.0 Å². The summed E-state index contributed by atoms with van der Waals surface area (Å²) >= 11 is 1.54. The number of nitrogens with one attached hydrogen (secondary N) is 2. The van der Waals surface area contributed by atoms with Crippen LogP contribution in [0, 0.1) is 6.92 Å². The van der Waals surface area contributed by atoms with Crippen molar-refractivity contribution in [2.75, 3.05) is 5.43 Å². The van der Waals surface area contributed by atoms with Crippen LogP contribution in [0.3, 0.4) is 0 Å². The van der Waals surface area contributed by atoms with Crippen molar-refractivity contribution < 1.29 is 4.79 Å². The third-order valence-corrected chi connectivity index (χ3v) is 3.93. The number of aryl methyl sites for hydroxylation is 1. The molecule has 1 aromatic carbocycles. The van der Waals surface area contributed by atoms with Crippen LogP contribution < -0.4 is 16.6 Å². The molecule has 1 heterocycles. The maximum Gasteiger partial charge on any atom is 0.253 e. The first-order valence-electron chi connectivity index (χ1n) is 6.43. The standard InChI is InChI=1S/C14H18N4OS/c1-3-11(14-16-6-7-20-14)17-13(19)10-5-4-9(2)8-12(10)18-15/h4-8,11,18H,3,15H2,1-2H3,(H,17,19). The summed E-state index contributed by atoms with van der Waals surface area (Å²) in [5.74, 6) is 5.32. The minimum absolute atomic E-state index is 0.0746. The van der Waals surface area contributed by atoms with Gasteiger partial charge in [0.25, 0.3) is 5.91 Å². The van der Waals surface area contributed by atoms with Crippen LogP contribution in [0.25, 0.3) is 0 Å². The van der Waals surface area contributed by atoms with Gasteiger partial charge in [-0.3, -0.25) is 10.6 Å². The van der Waals surface area contributed by atoms with Gasteiger partial charge in [-0.2, -0.15) is 0 Å². The second-order valence-electron chi connectivity index (χ2n) is 4.50. The lowest BCUT2D eigenvalue weighted by Gasteiger charge is -2.16. The number of carbonyl (C=O) groups is 1. The molecule has 0 fully saturated rings. The average Bonchev–Trinajstić information content (AvgIpc) is 2.98. The number of hydrazine groups is 1. The van der Waals surface area contributed by atoms with E-state index >= 15 is 0 Å². The molecular weight excluding hydrogens is 272 g/mol. The monoisotopic (exact) mass is 290 g/mol. The molecule has 1 aromatic heterocycles. The highest BCUT2D eigenvalue weighted by Crippen LogP contribution is 2.21. The molecule has 0 aliphatic rings. The zero-order valence-electron chi connectivity index (χ0n) is 11.5. The number of amides is 1. The van der Waals surface area contributed by atoms with Crippen molar-refractivity contribution in [2.24, 2.45) is 5.84 Å². The van der Waals surface area contributed by atoms with Gasteiger partial charge in [-0.15, -0.1) is 11.3 Å². The second kappa shape index (κ2) is 6.49. The van der Waals surface area contributed by atoms with Crippen molar-refractivity contribution in [3.05, 3.63) is 45.9 Å². The van der Waals surface area contributed by atoms with Gasteiger partial charge in [0.05, 0.1) is 17.3 Å². The topological polar surface area (TPSA) is 80.0 Å². The lowest BCUT2D eigenvalue weighted by Crippen LogP contribution is -2.29. The fourth-order valence-electron chi connectivity index (χ4n) is 1.96. The molecule has 0 bridgehead atoms. The van der Waals surface area contributed by atoms with Gasteiger partial charge < -0.3 is 10.7 Å². The predicted octanol–water partition coefficient (Wildman–Crippen LogP) is 2.62. The fourth-order valence-corrected chi connectivity index (χ4v) is 2.73. The highest BCUT2D eigenvalue weighted by Gasteiger charge is 2.18. The Bertz CT molecular complexity index is 583. The van der Waals surface area contributed by atoms with Crippen LogP contribution in [0.1, 0.15) is 40.3 Å². The van der Waals surface area contributed by atoms with E-state index in [1.54, 1.807) is 12.3 Å². The molecular formula is C14H18N4OS. The Balaban J connectivity index is 2.19. The van der Waals surface area contributed by atoms with Gasteiger partial charge in [0.2, 0.25) is 0 Å². The van der Waals surface area contributed by atoms with Gasteiger partial charge >= 0.3 is 0 Å². The number of nitrogens with zero attached hydrogens (tertiary/aromatic N) is 1. The van der Waals surface area contributed by atoms with Gasteiger partial charge in [0, 0.05) is 11.6 Å². The van der Waals surface area contributed by atoms with Gasteiger partial charge in [0.15, 0.2) is 0 Å². The van der Waals surface area contributed by atoms with Gasteiger partial charge in [-0.05, 0) is 31.0 Å². The summed E-state index contributed by atoms with van der Waals surface area (Å²) < 4.78 is 0. The first-order chi connectivity index (χ1) is 9.65. The van der Waals surface area contributed by atoms with Crippen LogP contribution in [0.2, 0.25) is 0 Å². The molecule has 6 heteroatoms. The smallest absolute Gasteiger partial charge is 0.253 e. The molecule has 1 unspecified atom stereocenters. The molecule has 0 spiro atoms. The number of anilines is 1. The number of nitrogen functional groups attached to an aromatic ring is 1. The molecule has 0 saturated carbocycles. The van der Waals surface area contributed by atoms with E-state index in [-0.39, 0.29) is 11.9 Å². The highest BCUT2D eigenvalue weighted by atomic mass is 32.1. The normalized spacial score (nSPS) is 11.9. The summed E-state index contributed by atoms with van der Waals surface area (Å²) in [6, 6.07) is 5.43. The zero-order valence-corrected chi connectivity index (χ0v) is 12.3. The number of thiazole rings is 1. The number of hydrogen-bond acceptors (Lipinski definition) is 5. The van der Waals surface area contributed by atoms with E-state index in [1.807, 2.05) is 31.4 Å². The third kappa shape index (κ3) is 3.15. The molecule has 1 amide bonds. The Kier molecular flexibility index (Phi) is 4.70. The molecule has 0 aliphatic carbocycles. The van der Waals surface area contributed by atoms with E-state index < -0.39 is 0 Å². The molecule has 1 atom stereocenters. The SMILES string of the molecule is CCC(NC(=O)c1ccc(C)cc1NN)c1nccs1.